The van der Waals surface area contributed by atoms with Crippen LogP contribution in [0.5, 0.6) is 0 Å². The Morgan fingerprint density at radius 2 is 2.31 bits per heavy atom. The van der Waals surface area contributed by atoms with Crippen molar-refractivity contribution in [3.8, 4) is 6.07 Å². The number of nitrogens with one attached hydrogen (secondary N) is 1. The Kier molecular flexibility index (Phi) is 2.77. The van der Waals surface area contributed by atoms with Crippen LogP contribution in [-0.4, -0.2) is 21.6 Å². The summed E-state index contributed by atoms with van der Waals surface area (Å²) in [6.07, 6.45) is 5.37. The van der Waals surface area contributed by atoms with E-state index in [4.69, 9.17) is 5.26 Å². The number of nitriles is 1. The van der Waals surface area contributed by atoms with Crippen LogP contribution in [0, 0.1) is 11.3 Å². The molecule has 1 aromatic heterocycles. The fraction of sp³-hybridized carbons (Fsp3) is 0.500. The third-order valence-corrected chi connectivity index (χ3v) is 2.49. The van der Waals surface area contributed by atoms with Crippen molar-refractivity contribution in [2.75, 3.05) is 6.54 Å². The Morgan fingerprint density at radius 3 is 2.94 bits per heavy atom. The minimum absolute atomic E-state index is 0.0275. The average molecular weight is 220 g/mol. The zero-order valence-electron chi connectivity index (χ0n) is 8.72. The average Bonchev–Trinajstić information content (AvgIpc) is 3.04. The van der Waals surface area contributed by atoms with Gasteiger partial charge in [-0.15, -0.1) is 0 Å². The van der Waals surface area contributed by atoms with E-state index in [0.717, 1.165) is 12.8 Å². The molecule has 1 aromatic rings. The first kappa shape index (κ1) is 10.5. The van der Waals surface area contributed by atoms with Gasteiger partial charge in [-0.25, -0.2) is 4.79 Å². The van der Waals surface area contributed by atoms with E-state index in [2.05, 4.69) is 5.32 Å². The summed E-state index contributed by atoms with van der Waals surface area (Å²) in [4.78, 5) is 23.0. The Balaban J connectivity index is 2.02. The zero-order valence-corrected chi connectivity index (χ0v) is 8.72. The zero-order chi connectivity index (χ0) is 11.5. The van der Waals surface area contributed by atoms with Crippen LogP contribution in [-0.2, 0) is 11.3 Å². The number of aromatic nitrogens is 2. The molecule has 1 aliphatic carbocycles. The number of hydrogen-bond acceptors (Lipinski definition) is 3. The van der Waals surface area contributed by atoms with Crippen LogP contribution in [0.4, 0.5) is 0 Å². The quantitative estimate of drug-likeness (QED) is 0.703. The van der Waals surface area contributed by atoms with Gasteiger partial charge in [0, 0.05) is 18.4 Å². The van der Waals surface area contributed by atoms with Crippen molar-refractivity contribution < 1.29 is 4.79 Å². The summed E-state index contributed by atoms with van der Waals surface area (Å²) in [5.41, 5.74) is -0.158. The summed E-state index contributed by atoms with van der Waals surface area (Å²) < 4.78 is 3.00. The van der Waals surface area contributed by atoms with Crippen molar-refractivity contribution in [1.82, 2.24) is 14.5 Å². The van der Waals surface area contributed by atoms with Crippen LogP contribution >= 0.6 is 0 Å². The summed E-state index contributed by atoms with van der Waals surface area (Å²) in [5.74, 6) is -0.322. The molecule has 84 valence electrons. The van der Waals surface area contributed by atoms with Gasteiger partial charge >= 0.3 is 5.69 Å². The lowest BCUT2D eigenvalue weighted by Crippen LogP contribution is -2.32. The smallest absolute Gasteiger partial charge is 0.328 e. The predicted octanol–water partition coefficient (Wildman–Crippen LogP) is -0.376. The van der Waals surface area contributed by atoms with Crippen molar-refractivity contribution in [2.24, 2.45) is 0 Å². The van der Waals surface area contributed by atoms with E-state index < -0.39 is 0 Å². The molecule has 0 radical (unpaired) electrons. The normalized spacial score (nSPS) is 14.4. The number of imidazole rings is 1. The minimum Gasteiger partial charge on any atom is -0.341 e. The number of amides is 1. The largest absolute Gasteiger partial charge is 0.341 e. The molecule has 1 fully saturated rings. The van der Waals surface area contributed by atoms with Gasteiger partial charge in [-0.3, -0.25) is 13.9 Å². The van der Waals surface area contributed by atoms with E-state index >= 15 is 0 Å². The molecule has 2 rings (SSSR count). The molecule has 0 unspecified atom stereocenters. The van der Waals surface area contributed by atoms with Crippen molar-refractivity contribution in [3.05, 3.63) is 22.9 Å². The third kappa shape index (κ3) is 2.14. The van der Waals surface area contributed by atoms with Crippen LogP contribution in [0.3, 0.4) is 0 Å². The molecular formula is C10H12N4O2. The fourth-order valence-electron chi connectivity index (χ4n) is 1.53. The van der Waals surface area contributed by atoms with Crippen LogP contribution in [0.2, 0.25) is 0 Å². The van der Waals surface area contributed by atoms with Gasteiger partial charge in [0.2, 0.25) is 5.91 Å². The van der Waals surface area contributed by atoms with Crippen molar-refractivity contribution in [2.45, 2.75) is 25.4 Å². The van der Waals surface area contributed by atoms with Crippen LogP contribution in [0.25, 0.3) is 0 Å². The monoisotopic (exact) mass is 220 g/mol. The SMILES string of the molecule is N#CCNC(=O)Cn1ccn(C2CC2)c1=O. The Morgan fingerprint density at radius 1 is 1.56 bits per heavy atom. The molecule has 6 nitrogen and oxygen atoms in total. The number of carbonyl (C=O) groups excluding carboxylic acids is 1. The highest BCUT2D eigenvalue weighted by Gasteiger charge is 2.25. The van der Waals surface area contributed by atoms with Crippen LogP contribution in [0.15, 0.2) is 17.2 Å². The molecule has 0 bridgehead atoms. The van der Waals surface area contributed by atoms with Gasteiger partial charge in [-0.1, -0.05) is 0 Å². The number of nitrogens with zero attached hydrogens (tertiary/aromatic N) is 3. The summed E-state index contributed by atoms with van der Waals surface area (Å²) in [6, 6.07) is 2.12. The third-order valence-electron chi connectivity index (χ3n) is 2.49. The molecule has 1 amide bonds. The molecule has 0 spiro atoms. The lowest BCUT2D eigenvalue weighted by Gasteiger charge is -2.01. The summed E-state index contributed by atoms with van der Waals surface area (Å²) in [7, 11) is 0. The second-order valence-corrected chi connectivity index (χ2v) is 3.78. The molecule has 1 N–H and O–H groups in total. The molecular weight excluding hydrogens is 208 g/mol. The van der Waals surface area contributed by atoms with Crippen molar-refractivity contribution >= 4 is 5.91 Å². The summed E-state index contributed by atoms with van der Waals surface area (Å²) in [5, 5.41) is 10.7. The Hall–Kier alpha value is -2.03. The van der Waals surface area contributed by atoms with Gasteiger partial charge in [-0.2, -0.15) is 5.26 Å². The van der Waals surface area contributed by atoms with Gasteiger partial charge in [0.05, 0.1) is 6.07 Å². The first-order valence-electron chi connectivity index (χ1n) is 5.13. The predicted molar refractivity (Wildman–Crippen MR) is 55.6 cm³/mol. The molecule has 0 atom stereocenters. The Labute approximate surface area is 92.1 Å². The van der Waals surface area contributed by atoms with Crippen LogP contribution < -0.4 is 11.0 Å². The Bertz CT molecular complexity index is 490. The minimum atomic E-state index is -0.322. The molecule has 0 saturated heterocycles. The van der Waals surface area contributed by atoms with E-state index in [-0.39, 0.29) is 24.7 Å². The summed E-state index contributed by atoms with van der Waals surface area (Å²) >= 11 is 0. The molecule has 16 heavy (non-hydrogen) atoms. The highest BCUT2D eigenvalue weighted by atomic mass is 16.2. The molecule has 1 saturated carbocycles. The molecule has 1 aliphatic rings. The first-order valence-corrected chi connectivity index (χ1v) is 5.13. The standard InChI is InChI=1S/C10H12N4O2/c11-3-4-12-9(15)7-13-5-6-14(10(13)16)8-1-2-8/h5-6,8H,1-2,4,7H2,(H,12,15). The maximum Gasteiger partial charge on any atom is 0.328 e. The van der Waals surface area contributed by atoms with Gasteiger partial charge in [0.15, 0.2) is 0 Å². The van der Waals surface area contributed by atoms with E-state index in [9.17, 15) is 9.59 Å². The second kappa shape index (κ2) is 4.23. The fourth-order valence-corrected chi connectivity index (χ4v) is 1.53. The van der Waals surface area contributed by atoms with E-state index in [0.29, 0.717) is 6.04 Å². The number of carbonyl (C=O) groups is 1. The highest BCUT2D eigenvalue weighted by Crippen LogP contribution is 2.33. The first-order chi connectivity index (χ1) is 7.72. The number of rotatable bonds is 4. The van der Waals surface area contributed by atoms with E-state index in [1.807, 2.05) is 6.07 Å². The topological polar surface area (TPSA) is 79.8 Å². The van der Waals surface area contributed by atoms with Crippen molar-refractivity contribution in [1.29, 1.82) is 5.26 Å². The molecule has 1 heterocycles. The van der Waals surface area contributed by atoms with Gasteiger partial charge in [0.1, 0.15) is 13.1 Å². The molecule has 0 aliphatic heterocycles. The van der Waals surface area contributed by atoms with Crippen molar-refractivity contribution in [3.63, 3.8) is 0 Å². The lowest BCUT2D eigenvalue weighted by molar-refractivity contribution is -0.121. The van der Waals surface area contributed by atoms with Gasteiger partial charge in [-0.05, 0) is 12.8 Å². The highest BCUT2D eigenvalue weighted by molar-refractivity contribution is 5.75. The maximum absolute atomic E-state index is 11.7. The van der Waals surface area contributed by atoms with Crippen LogP contribution in [0.1, 0.15) is 18.9 Å². The van der Waals surface area contributed by atoms with E-state index in [1.165, 1.54) is 4.57 Å². The molecule has 0 aromatic carbocycles. The van der Waals surface area contributed by atoms with Gasteiger partial charge in [0.25, 0.3) is 0 Å². The maximum atomic E-state index is 11.7. The number of hydrogen-bond donors (Lipinski definition) is 1. The summed E-state index contributed by atoms with van der Waals surface area (Å²) in [6.45, 7) is -0.0584. The second-order valence-electron chi connectivity index (χ2n) is 3.78. The lowest BCUT2D eigenvalue weighted by atomic mass is 10.5. The van der Waals surface area contributed by atoms with E-state index in [1.54, 1.807) is 17.0 Å². The van der Waals surface area contributed by atoms with Gasteiger partial charge < -0.3 is 5.32 Å². The molecule has 6 heteroatoms.